The summed E-state index contributed by atoms with van der Waals surface area (Å²) in [4.78, 5) is 6.98. The standard InChI is InChI=1S/C17H28N4O.HI/c1-4-18-17(19-9-11-22-3)20-13-14-7-8-16-15(12-14)6-5-10-21(16)2;/h7-8,12H,4-6,9-11,13H2,1-3H3,(H2,18,19,20);1H. The number of rotatable bonds is 6. The van der Waals surface area contributed by atoms with Crippen molar-refractivity contribution in [2.24, 2.45) is 4.99 Å². The second-order valence-corrected chi connectivity index (χ2v) is 5.60. The number of aryl methyl sites for hydroxylation is 1. The topological polar surface area (TPSA) is 48.9 Å². The number of methoxy groups -OCH3 is 1. The van der Waals surface area contributed by atoms with Crippen molar-refractivity contribution in [2.45, 2.75) is 26.3 Å². The zero-order valence-corrected chi connectivity index (χ0v) is 16.7. The minimum absolute atomic E-state index is 0. The van der Waals surface area contributed by atoms with Gasteiger partial charge in [-0.15, -0.1) is 24.0 Å². The Balaban J connectivity index is 0.00000264. The van der Waals surface area contributed by atoms with Crippen molar-refractivity contribution in [1.82, 2.24) is 10.6 Å². The van der Waals surface area contributed by atoms with Crippen LogP contribution in [0.5, 0.6) is 0 Å². The Hall–Kier alpha value is -1.02. The lowest BCUT2D eigenvalue weighted by Gasteiger charge is -2.27. The molecular formula is C17H29IN4O. The molecule has 0 saturated carbocycles. The quantitative estimate of drug-likeness (QED) is 0.314. The maximum atomic E-state index is 5.06. The molecule has 1 heterocycles. The van der Waals surface area contributed by atoms with E-state index < -0.39 is 0 Å². The molecule has 0 spiro atoms. The predicted octanol–water partition coefficient (Wildman–Crippen LogP) is 2.39. The molecule has 0 atom stereocenters. The van der Waals surface area contributed by atoms with Crippen molar-refractivity contribution in [3.8, 4) is 0 Å². The van der Waals surface area contributed by atoms with Gasteiger partial charge in [0, 0.05) is 39.5 Å². The van der Waals surface area contributed by atoms with Gasteiger partial charge in [-0.2, -0.15) is 0 Å². The number of aliphatic imine (C=N–C) groups is 1. The lowest BCUT2D eigenvalue weighted by atomic mass is 10.00. The molecule has 0 radical (unpaired) electrons. The molecule has 130 valence electrons. The van der Waals surface area contributed by atoms with Gasteiger partial charge in [0.25, 0.3) is 0 Å². The minimum Gasteiger partial charge on any atom is -0.383 e. The number of ether oxygens (including phenoxy) is 1. The highest BCUT2D eigenvalue weighted by Gasteiger charge is 2.13. The molecule has 1 aliphatic rings. The third-order valence-corrected chi connectivity index (χ3v) is 3.86. The average molecular weight is 432 g/mol. The number of nitrogens with one attached hydrogen (secondary N) is 2. The number of anilines is 1. The summed E-state index contributed by atoms with van der Waals surface area (Å²) in [6.07, 6.45) is 2.40. The second-order valence-electron chi connectivity index (χ2n) is 5.60. The molecule has 2 rings (SSSR count). The fourth-order valence-corrected chi connectivity index (χ4v) is 2.72. The van der Waals surface area contributed by atoms with E-state index in [1.807, 2.05) is 0 Å². The van der Waals surface area contributed by atoms with Gasteiger partial charge in [-0.25, -0.2) is 4.99 Å². The van der Waals surface area contributed by atoms with Gasteiger partial charge in [-0.1, -0.05) is 12.1 Å². The molecule has 5 nitrogen and oxygen atoms in total. The Kier molecular flexibility index (Phi) is 9.31. The van der Waals surface area contributed by atoms with E-state index in [-0.39, 0.29) is 24.0 Å². The first-order chi connectivity index (χ1) is 10.7. The summed E-state index contributed by atoms with van der Waals surface area (Å²) in [5, 5.41) is 6.52. The van der Waals surface area contributed by atoms with Crippen molar-refractivity contribution in [3.63, 3.8) is 0 Å². The molecule has 6 heteroatoms. The molecule has 0 fully saturated rings. The van der Waals surface area contributed by atoms with E-state index >= 15 is 0 Å². The molecule has 0 saturated heterocycles. The molecule has 0 unspecified atom stereocenters. The van der Waals surface area contributed by atoms with Crippen LogP contribution in [-0.2, 0) is 17.7 Å². The molecule has 23 heavy (non-hydrogen) atoms. The van der Waals surface area contributed by atoms with Crippen molar-refractivity contribution >= 4 is 35.6 Å². The summed E-state index contributed by atoms with van der Waals surface area (Å²) in [6, 6.07) is 6.71. The number of guanidine groups is 1. The van der Waals surface area contributed by atoms with E-state index in [2.05, 4.69) is 52.7 Å². The molecule has 1 aliphatic heterocycles. The summed E-state index contributed by atoms with van der Waals surface area (Å²) < 4.78 is 5.06. The van der Waals surface area contributed by atoms with Crippen LogP contribution in [0.1, 0.15) is 24.5 Å². The lowest BCUT2D eigenvalue weighted by molar-refractivity contribution is 0.203. The van der Waals surface area contributed by atoms with E-state index in [1.54, 1.807) is 7.11 Å². The fraction of sp³-hybridized carbons (Fsp3) is 0.588. The van der Waals surface area contributed by atoms with Crippen molar-refractivity contribution in [2.75, 3.05) is 45.3 Å². The van der Waals surface area contributed by atoms with Crippen LogP contribution in [0.3, 0.4) is 0 Å². The van der Waals surface area contributed by atoms with Crippen molar-refractivity contribution in [1.29, 1.82) is 0 Å². The number of benzene rings is 1. The van der Waals surface area contributed by atoms with E-state index in [0.29, 0.717) is 13.2 Å². The smallest absolute Gasteiger partial charge is 0.191 e. The summed E-state index contributed by atoms with van der Waals surface area (Å²) >= 11 is 0. The van der Waals surface area contributed by atoms with Gasteiger partial charge >= 0.3 is 0 Å². The molecule has 0 aliphatic carbocycles. The molecule has 0 amide bonds. The van der Waals surface area contributed by atoms with Gasteiger partial charge in [0.05, 0.1) is 13.2 Å². The molecule has 1 aromatic rings. The number of hydrogen-bond donors (Lipinski definition) is 2. The first-order valence-electron chi connectivity index (χ1n) is 8.08. The first kappa shape index (κ1) is 20.0. The second kappa shape index (κ2) is 10.7. The number of hydrogen-bond acceptors (Lipinski definition) is 3. The Morgan fingerprint density at radius 1 is 1.35 bits per heavy atom. The third-order valence-electron chi connectivity index (χ3n) is 3.86. The van der Waals surface area contributed by atoms with Crippen LogP contribution in [0, 0.1) is 0 Å². The van der Waals surface area contributed by atoms with Crippen molar-refractivity contribution < 1.29 is 4.74 Å². The number of halogens is 1. The lowest BCUT2D eigenvalue weighted by Crippen LogP contribution is -2.38. The monoisotopic (exact) mass is 432 g/mol. The molecular weight excluding hydrogens is 403 g/mol. The predicted molar refractivity (Wildman–Crippen MR) is 108 cm³/mol. The van der Waals surface area contributed by atoms with Crippen LogP contribution < -0.4 is 15.5 Å². The summed E-state index contributed by atoms with van der Waals surface area (Å²) in [5.74, 6) is 0.842. The van der Waals surface area contributed by atoms with E-state index in [0.717, 1.165) is 25.6 Å². The van der Waals surface area contributed by atoms with E-state index in [1.165, 1.54) is 29.7 Å². The summed E-state index contributed by atoms with van der Waals surface area (Å²) in [7, 11) is 3.87. The van der Waals surface area contributed by atoms with Gasteiger partial charge in [-0.3, -0.25) is 0 Å². The van der Waals surface area contributed by atoms with Gasteiger partial charge in [0.15, 0.2) is 5.96 Å². The first-order valence-corrected chi connectivity index (χ1v) is 8.08. The minimum atomic E-state index is 0. The number of nitrogens with zero attached hydrogens (tertiary/aromatic N) is 2. The maximum Gasteiger partial charge on any atom is 0.191 e. The largest absolute Gasteiger partial charge is 0.383 e. The van der Waals surface area contributed by atoms with E-state index in [9.17, 15) is 0 Å². The normalized spacial score (nSPS) is 14.0. The Morgan fingerprint density at radius 2 is 2.17 bits per heavy atom. The molecule has 2 N–H and O–H groups in total. The van der Waals surface area contributed by atoms with E-state index in [4.69, 9.17) is 4.74 Å². The molecule has 1 aromatic carbocycles. The van der Waals surface area contributed by atoms with Crippen LogP contribution >= 0.6 is 24.0 Å². The Labute approximate surface area is 156 Å². The molecule has 0 bridgehead atoms. The van der Waals surface area contributed by atoms with Gasteiger partial charge in [0.1, 0.15) is 0 Å². The van der Waals surface area contributed by atoms with Crippen LogP contribution in [0.4, 0.5) is 5.69 Å². The Morgan fingerprint density at radius 3 is 2.91 bits per heavy atom. The van der Waals surface area contributed by atoms with Crippen LogP contribution in [0.2, 0.25) is 0 Å². The van der Waals surface area contributed by atoms with Gasteiger partial charge in [-0.05, 0) is 37.0 Å². The fourth-order valence-electron chi connectivity index (χ4n) is 2.72. The highest BCUT2D eigenvalue weighted by atomic mass is 127. The maximum absolute atomic E-state index is 5.06. The van der Waals surface area contributed by atoms with Crippen LogP contribution in [-0.4, -0.2) is 46.4 Å². The average Bonchev–Trinajstić information content (AvgIpc) is 2.53. The van der Waals surface area contributed by atoms with Gasteiger partial charge in [0.2, 0.25) is 0 Å². The zero-order chi connectivity index (χ0) is 15.8. The van der Waals surface area contributed by atoms with Gasteiger partial charge < -0.3 is 20.3 Å². The van der Waals surface area contributed by atoms with Crippen LogP contribution in [0.15, 0.2) is 23.2 Å². The third kappa shape index (κ3) is 6.18. The number of fused-ring (bicyclic) bond motifs is 1. The Bertz CT molecular complexity index is 507. The zero-order valence-electron chi connectivity index (χ0n) is 14.4. The summed E-state index contributed by atoms with van der Waals surface area (Å²) in [5.41, 5.74) is 4.07. The van der Waals surface area contributed by atoms with Crippen LogP contribution in [0.25, 0.3) is 0 Å². The highest BCUT2D eigenvalue weighted by Crippen LogP contribution is 2.26. The highest BCUT2D eigenvalue weighted by molar-refractivity contribution is 14.0. The SMILES string of the molecule is CCNC(=NCc1ccc2c(c1)CCCN2C)NCCOC.I. The van der Waals surface area contributed by atoms with Crippen molar-refractivity contribution in [3.05, 3.63) is 29.3 Å². The summed E-state index contributed by atoms with van der Waals surface area (Å²) in [6.45, 7) is 6.21. The molecule has 0 aromatic heterocycles.